The second-order valence-electron chi connectivity index (χ2n) is 2.25. The summed E-state index contributed by atoms with van der Waals surface area (Å²) in [5, 5.41) is 0.873. The van der Waals surface area contributed by atoms with Crippen molar-refractivity contribution in [2.24, 2.45) is 0 Å². The van der Waals surface area contributed by atoms with Crippen molar-refractivity contribution in [3.05, 3.63) is 32.5 Å². The molecule has 0 aromatic carbocycles. The zero-order valence-electron chi connectivity index (χ0n) is 5.91. The minimum atomic E-state index is -0.142. The minimum Gasteiger partial charge on any atom is -0.306 e. The van der Waals surface area contributed by atoms with Gasteiger partial charge in [-0.2, -0.15) is 0 Å². The van der Waals surface area contributed by atoms with Crippen molar-refractivity contribution in [1.29, 1.82) is 0 Å². The van der Waals surface area contributed by atoms with Gasteiger partial charge in [0.1, 0.15) is 15.7 Å². The Morgan fingerprint density at radius 3 is 3.00 bits per heavy atom. The van der Waals surface area contributed by atoms with Gasteiger partial charge in [-0.1, -0.05) is 0 Å². The van der Waals surface area contributed by atoms with E-state index in [0.29, 0.717) is 5.65 Å². The Labute approximate surface area is 81.2 Å². The Hall–Kier alpha value is -0.980. The molecule has 0 saturated carbocycles. The van der Waals surface area contributed by atoms with Crippen LogP contribution < -0.4 is 5.56 Å². The number of nitrogens with zero attached hydrogens (tertiary/aromatic N) is 2. The van der Waals surface area contributed by atoms with Crippen molar-refractivity contribution < 1.29 is 0 Å². The summed E-state index contributed by atoms with van der Waals surface area (Å²) in [5.41, 5.74) is 0.443. The number of halogens is 1. The van der Waals surface area contributed by atoms with Gasteiger partial charge in [-0.05, 0) is 28.7 Å². The summed E-state index contributed by atoms with van der Waals surface area (Å²) in [7, 11) is 0. The van der Waals surface area contributed by atoms with Gasteiger partial charge < -0.3 is 4.98 Å². The lowest BCUT2D eigenvalue weighted by atomic mass is 10.3. The number of hydrogen-bond donors (Lipinski definition) is 1. The summed E-state index contributed by atoms with van der Waals surface area (Å²) in [5.74, 6) is 0. The molecule has 0 atom stereocenters. The van der Waals surface area contributed by atoms with Crippen molar-refractivity contribution in [2.75, 3.05) is 0 Å². The van der Waals surface area contributed by atoms with Crippen molar-refractivity contribution in [1.82, 2.24) is 15.0 Å². The highest BCUT2D eigenvalue weighted by Crippen LogP contribution is 2.11. The van der Waals surface area contributed by atoms with E-state index in [1.165, 1.54) is 12.4 Å². The third kappa shape index (κ3) is 1.20. The molecule has 0 aliphatic rings. The van der Waals surface area contributed by atoms with E-state index in [4.69, 9.17) is 0 Å². The molecule has 0 aliphatic carbocycles. The molecule has 0 radical (unpaired) electrons. The van der Waals surface area contributed by atoms with Gasteiger partial charge in [0.05, 0.1) is 0 Å². The monoisotopic (exact) mass is 273 g/mol. The van der Waals surface area contributed by atoms with Crippen LogP contribution >= 0.6 is 22.6 Å². The lowest BCUT2D eigenvalue weighted by Gasteiger charge is -1.95. The molecule has 5 heteroatoms. The molecule has 2 aromatic heterocycles. The maximum atomic E-state index is 10.9. The van der Waals surface area contributed by atoms with E-state index < -0.39 is 0 Å². The number of H-pyrrole nitrogens is 1. The highest BCUT2D eigenvalue weighted by Gasteiger charge is 1.99. The quantitative estimate of drug-likeness (QED) is 0.573. The first-order chi connectivity index (χ1) is 5.77. The lowest BCUT2D eigenvalue weighted by Crippen LogP contribution is -2.04. The first-order valence-corrected chi connectivity index (χ1v) is 4.35. The number of aromatic nitrogens is 3. The van der Waals surface area contributed by atoms with Crippen LogP contribution in [0.5, 0.6) is 0 Å². The Morgan fingerprint density at radius 2 is 2.17 bits per heavy atom. The van der Waals surface area contributed by atoms with Gasteiger partial charge >= 0.3 is 0 Å². The molecule has 0 amide bonds. The third-order valence-corrected chi connectivity index (χ3v) is 2.34. The van der Waals surface area contributed by atoms with Crippen LogP contribution in [-0.2, 0) is 0 Å². The van der Waals surface area contributed by atoms with E-state index in [2.05, 4.69) is 37.5 Å². The van der Waals surface area contributed by atoms with Crippen molar-refractivity contribution in [3.63, 3.8) is 0 Å². The zero-order valence-corrected chi connectivity index (χ0v) is 8.07. The minimum absolute atomic E-state index is 0.142. The molecule has 2 heterocycles. The Morgan fingerprint density at radius 1 is 1.33 bits per heavy atom. The van der Waals surface area contributed by atoms with Crippen LogP contribution in [0.2, 0.25) is 0 Å². The van der Waals surface area contributed by atoms with E-state index in [0.717, 1.165) is 9.09 Å². The molecule has 4 nitrogen and oxygen atoms in total. The van der Waals surface area contributed by atoms with E-state index in [9.17, 15) is 4.79 Å². The van der Waals surface area contributed by atoms with Gasteiger partial charge in [0.2, 0.25) is 5.56 Å². The van der Waals surface area contributed by atoms with Crippen LogP contribution in [0, 0.1) is 3.70 Å². The lowest BCUT2D eigenvalue weighted by molar-refractivity contribution is 1.14. The summed E-state index contributed by atoms with van der Waals surface area (Å²) in [6.45, 7) is 0. The molecule has 0 saturated heterocycles. The van der Waals surface area contributed by atoms with Crippen LogP contribution in [-0.4, -0.2) is 15.0 Å². The molecular weight excluding hydrogens is 269 g/mol. The highest BCUT2D eigenvalue weighted by atomic mass is 127. The Balaban J connectivity index is 2.96. The normalized spacial score (nSPS) is 10.4. The standard InChI is InChI=1S/C7H4IN3O/c8-6-4-1-2-5(12)11-7(4)10-3-9-6/h1-3H,(H,9,10,11,12). The average molecular weight is 273 g/mol. The van der Waals surface area contributed by atoms with Gasteiger partial charge in [0.15, 0.2) is 0 Å². The van der Waals surface area contributed by atoms with Crippen molar-refractivity contribution in [2.45, 2.75) is 0 Å². The molecule has 1 N–H and O–H groups in total. The smallest absolute Gasteiger partial charge is 0.249 e. The van der Waals surface area contributed by atoms with Crippen LogP contribution in [0.4, 0.5) is 0 Å². The average Bonchev–Trinajstić information content (AvgIpc) is 2.04. The fourth-order valence-corrected chi connectivity index (χ4v) is 1.50. The van der Waals surface area contributed by atoms with Gasteiger partial charge in [0, 0.05) is 11.5 Å². The molecule has 2 rings (SSSR count). The second kappa shape index (κ2) is 2.81. The number of fused-ring (bicyclic) bond motifs is 1. The predicted octanol–water partition coefficient (Wildman–Crippen LogP) is 0.923. The maximum Gasteiger partial charge on any atom is 0.249 e. The summed E-state index contributed by atoms with van der Waals surface area (Å²) in [6.07, 6.45) is 1.43. The van der Waals surface area contributed by atoms with Crippen LogP contribution in [0.15, 0.2) is 23.3 Å². The SMILES string of the molecule is O=c1ccc2c(I)ncnc2[nH]1. The number of rotatable bonds is 0. The topological polar surface area (TPSA) is 58.6 Å². The molecular formula is C7H4IN3O. The zero-order chi connectivity index (χ0) is 8.55. The number of aromatic amines is 1. The summed E-state index contributed by atoms with van der Waals surface area (Å²) < 4.78 is 0.842. The molecule has 0 unspecified atom stereocenters. The second-order valence-corrected chi connectivity index (χ2v) is 3.27. The van der Waals surface area contributed by atoms with E-state index in [1.54, 1.807) is 6.07 Å². The highest BCUT2D eigenvalue weighted by molar-refractivity contribution is 14.1. The number of pyridine rings is 1. The molecule has 0 bridgehead atoms. The Bertz CT molecular complexity index is 479. The maximum absolute atomic E-state index is 10.9. The summed E-state index contributed by atoms with van der Waals surface area (Å²) in [4.78, 5) is 21.4. The largest absolute Gasteiger partial charge is 0.306 e. The third-order valence-electron chi connectivity index (χ3n) is 1.48. The van der Waals surface area contributed by atoms with Crippen LogP contribution in [0.1, 0.15) is 0 Å². The molecule has 2 aromatic rings. The van der Waals surface area contributed by atoms with Crippen LogP contribution in [0.3, 0.4) is 0 Å². The Kier molecular flexibility index (Phi) is 1.80. The molecule has 0 aliphatic heterocycles. The van der Waals surface area contributed by atoms with Crippen molar-refractivity contribution in [3.8, 4) is 0 Å². The van der Waals surface area contributed by atoms with Crippen LogP contribution in [0.25, 0.3) is 11.0 Å². The number of hydrogen-bond acceptors (Lipinski definition) is 3. The number of nitrogens with one attached hydrogen (secondary N) is 1. The summed E-state index contributed by atoms with van der Waals surface area (Å²) in [6, 6.07) is 3.18. The molecule has 0 spiro atoms. The molecule has 0 fully saturated rings. The first-order valence-electron chi connectivity index (χ1n) is 3.27. The molecule has 60 valence electrons. The van der Waals surface area contributed by atoms with Gasteiger partial charge in [0.25, 0.3) is 0 Å². The van der Waals surface area contributed by atoms with Gasteiger partial charge in [-0.3, -0.25) is 4.79 Å². The first kappa shape index (κ1) is 7.66. The van der Waals surface area contributed by atoms with Gasteiger partial charge in [-0.25, -0.2) is 9.97 Å². The molecule has 12 heavy (non-hydrogen) atoms. The van der Waals surface area contributed by atoms with E-state index in [1.807, 2.05) is 0 Å². The van der Waals surface area contributed by atoms with Gasteiger partial charge in [-0.15, -0.1) is 0 Å². The fraction of sp³-hybridized carbons (Fsp3) is 0. The predicted molar refractivity (Wildman–Crippen MR) is 52.9 cm³/mol. The van der Waals surface area contributed by atoms with E-state index >= 15 is 0 Å². The summed E-state index contributed by atoms with van der Waals surface area (Å²) >= 11 is 2.10. The fourth-order valence-electron chi connectivity index (χ4n) is 0.939. The van der Waals surface area contributed by atoms with Crippen molar-refractivity contribution >= 4 is 33.6 Å². The van der Waals surface area contributed by atoms with E-state index in [-0.39, 0.29) is 5.56 Å².